The minimum atomic E-state index is -0.255. The first kappa shape index (κ1) is 11.3. The molecule has 0 aliphatic carbocycles. The summed E-state index contributed by atoms with van der Waals surface area (Å²) in [6, 6.07) is 10.2. The quantitative estimate of drug-likeness (QED) is 0.810. The van der Waals surface area contributed by atoms with Gasteiger partial charge in [-0.05, 0) is 29.8 Å². The maximum atomic E-state index is 4.06. The zero-order valence-electron chi connectivity index (χ0n) is 9.26. The van der Waals surface area contributed by atoms with Crippen LogP contribution in [0.2, 0.25) is 0 Å². The predicted octanol–water partition coefficient (Wildman–Crippen LogP) is 2.14. The average molecular weight is 281 g/mol. The molecule has 2 aromatic rings. The fourth-order valence-corrected chi connectivity index (χ4v) is 2.30. The Labute approximate surface area is 103 Å². The van der Waals surface area contributed by atoms with Gasteiger partial charge in [0.05, 0.1) is 5.54 Å². The van der Waals surface area contributed by atoms with E-state index in [1.165, 1.54) is 5.56 Å². The number of hydrogen-bond donors (Lipinski definition) is 0. The summed E-state index contributed by atoms with van der Waals surface area (Å²) >= 11 is 3.55. The summed E-state index contributed by atoms with van der Waals surface area (Å²) in [6.07, 6.45) is 0. The van der Waals surface area contributed by atoms with E-state index in [0.717, 1.165) is 11.2 Å². The second-order valence-electron chi connectivity index (χ2n) is 3.91. The van der Waals surface area contributed by atoms with Crippen LogP contribution in [0.25, 0.3) is 0 Å². The van der Waals surface area contributed by atoms with Crippen molar-refractivity contribution in [1.29, 1.82) is 0 Å². The van der Waals surface area contributed by atoms with Crippen LogP contribution >= 0.6 is 15.9 Å². The third kappa shape index (κ3) is 1.75. The van der Waals surface area contributed by atoms with E-state index in [1.54, 1.807) is 0 Å². The van der Waals surface area contributed by atoms with Gasteiger partial charge in [-0.2, -0.15) is 0 Å². The number of aromatic nitrogens is 4. The zero-order chi connectivity index (χ0) is 11.6. The van der Waals surface area contributed by atoms with E-state index in [1.807, 2.05) is 29.8 Å². The van der Waals surface area contributed by atoms with Gasteiger partial charge in [0.1, 0.15) is 5.82 Å². The van der Waals surface area contributed by atoms with Gasteiger partial charge in [0.15, 0.2) is 0 Å². The molecule has 5 heteroatoms. The van der Waals surface area contributed by atoms with Gasteiger partial charge in [-0.15, -0.1) is 5.10 Å². The number of halogens is 1. The molecule has 1 heterocycles. The summed E-state index contributed by atoms with van der Waals surface area (Å²) in [4.78, 5) is 0. The van der Waals surface area contributed by atoms with Gasteiger partial charge in [0, 0.05) is 5.33 Å². The first-order chi connectivity index (χ1) is 7.68. The summed E-state index contributed by atoms with van der Waals surface area (Å²) < 4.78 is 1.84. The largest absolute Gasteiger partial charge is 0.219 e. The van der Waals surface area contributed by atoms with E-state index in [9.17, 15) is 0 Å². The molecule has 1 atom stereocenters. The predicted molar refractivity (Wildman–Crippen MR) is 65.5 cm³/mol. The summed E-state index contributed by atoms with van der Waals surface area (Å²) in [5.74, 6) is 0.811. The Hall–Kier alpha value is -1.23. The summed E-state index contributed by atoms with van der Waals surface area (Å²) in [6.45, 7) is 4.02. The van der Waals surface area contributed by atoms with Crippen LogP contribution in [0.5, 0.6) is 0 Å². The van der Waals surface area contributed by atoms with Crippen molar-refractivity contribution in [2.75, 3.05) is 5.33 Å². The molecule has 0 saturated carbocycles. The lowest BCUT2D eigenvalue weighted by Gasteiger charge is -2.28. The third-order valence-corrected chi connectivity index (χ3v) is 3.84. The van der Waals surface area contributed by atoms with Gasteiger partial charge in [0.25, 0.3) is 0 Å². The molecule has 1 aromatic carbocycles. The highest BCUT2D eigenvalue weighted by molar-refractivity contribution is 9.09. The van der Waals surface area contributed by atoms with E-state index < -0.39 is 0 Å². The Bertz CT molecular complexity index is 468. The lowest BCUT2D eigenvalue weighted by Crippen LogP contribution is -2.35. The van der Waals surface area contributed by atoms with Crippen LogP contribution in [0.4, 0.5) is 0 Å². The highest BCUT2D eigenvalue weighted by atomic mass is 79.9. The molecule has 16 heavy (non-hydrogen) atoms. The monoisotopic (exact) mass is 280 g/mol. The van der Waals surface area contributed by atoms with Crippen LogP contribution in [0, 0.1) is 6.92 Å². The van der Waals surface area contributed by atoms with Crippen molar-refractivity contribution >= 4 is 15.9 Å². The molecule has 2 rings (SSSR count). The Kier molecular flexibility index (Phi) is 3.05. The van der Waals surface area contributed by atoms with Crippen LogP contribution < -0.4 is 0 Å². The fourth-order valence-electron chi connectivity index (χ4n) is 1.74. The van der Waals surface area contributed by atoms with Crippen LogP contribution in [0.3, 0.4) is 0 Å². The Balaban J connectivity index is 2.53. The number of aryl methyl sites for hydroxylation is 1. The molecule has 1 unspecified atom stereocenters. The summed E-state index contributed by atoms with van der Waals surface area (Å²) in [7, 11) is 0. The lowest BCUT2D eigenvalue weighted by atomic mass is 9.94. The number of hydrogen-bond acceptors (Lipinski definition) is 3. The topological polar surface area (TPSA) is 43.6 Å². The van der Waals surface area contributed by atoms with Crippen molar-refractivity contribution in [3.8, 4) is 0 Å². The first-order valence-electron chi connectivity index (χ1n) is 5.05. The number of rotatable bonds is 3. The van der Waals surface area contributed by atoms with Crippen LogP contribution in [-0.4, -0.2) is 25.5 Å². The van der Waals surface area contributed by atoms with E-state index in [0.29, 0.717) is 0 Å². The highest BCUT2D eigenvalue weighted by Crippen LogP contribution is 2.27. The maximum absolute atomic E-state index is 4.06. The molecule has 0 aliphatic heterocycles. The second-order valence-corrected chi connectivity index (χ2v) is 4.47. The van der Waals surface area contributed by atoms with E-state index in [4.69, 9.17) is 0 Å². The maximum Gasteiger partial charge on any atom is 0.149 e. The van der Waals surface area contributed by atoms with Gasteiger partial charge in [-0.25, -0.2) is 4.68 Å². The van der Waals surface area contributed by atoms with Crippen LogP contribution in [0.1, 0.15) is 18.3 Å². The van der Waals surface area contributed by atoms with Gasteiger partial charge in [-0.3, -0.25) is 0 Å². The molecule has 0 saturated heterocycles. The molecule has 0 bridgehead atoms. The SMILES string of the molecule is Cc1nnnn1C(C)(CBr)c1ccccc1. The van der Waals surface area contributed by atoms with E-state index in [2.05, 4.69) is 50.5 Å². The molecular formula is C11H13BrN4. The second kappa shape index (κ2) is 4.33. The minimum absolute atomic E-state index is 0.255. The molecule has 0 aliphatic rings. The van der Waals surface area contributed by atoms with Crippen molar-refractivity contribution in [2.24, 2.45) is 0 Å². The number of benzene rings is 1. The molecule has 0 fully saturated rings. The number of alkyl halides is 1. The van der Waals surface area contributed by atoms with Crippen LogP contribution in [0.15, 0.2) is 30.3 Å². The first-order valence-corrected chi connectivity index (χ1v) is 6.17. The molecule has 0 N–H and O–H groups in total. The highest BCUT2D eigenvalue weighted by Gasteiger charge is 2.30. The standard InChI is InChI=1S/C11H13BrN4/c1-9-13-14-15-16(9)11(2,8-12)10-6-4-3-5-7-10/h3-7H,8H2,1-2H3. The molecule has 0 amide bonds. The number of nitrogens with zero attached hydrogens (tertiary/aromatic N) is 4. The average Bonchev–Trinajstić information content (AvgIpc) is 2.76. The molecule has 0 spiro atoms. The zero-order valence-corrected chi connectivity index (χ0v) is 10.8. The van der Waals surface area contributed by atoms with E-state index >= 15 is 0 Å². The van der Waals surface area contributed by atoms with Gasteiger partial charge >= 0.3 is 0 Å². The summed E-state index contributed by atoms with van der Waals surface area (Å²) in [5, 5.41) is 12.5. The normalized spacial score (nSPS) is 14.7. The lowest BCUT2D eigenvalue weighted by molar-refractivity contribution is 0.382. The Morgan fingerprint density at radius 1 is 1.31 bits per heavy atom. The van der Waals surface area contributed by atoms with Crippen molar-refractivity contribution in [1.82, 2.24) is 20.2 Å². The smallest absolute Gasteiger partial charge is 0.149 e. The van der Waals surface area contributed by atoms with Crippen molar-refractivity contribution in [3.63, 3.8) is 0 Å². The van der Waals surface area contributed by atoms with E-state index in [-0.39, 0.29) is 5.54 Å². The Morgan fingerprint density at radius 3 is 2.50 bits per heavy atom. The molecule has 0 radical (unpaired) electrons. The van der Waals surface area contributed by atoms with Crippen molar-refractivity contribution < 1.29 is 0 Å². The molecule has 4 nitrogen and oxygen atoms in total. The summed E-state index contributed by atoms with van der Waals surface area (Å²) in [5.41, 5.74) is 0.928. The molecule has 84 valence electrons. The van der Waals surface area contributed by atoms with Crippen molar-refractivity contribution in [2.45, 2.75) is 19.4 Å². The van der Waals surface area contributed by atoms with Crippen LogP contribution in [-0.2, 0) is 5.54 Å². The number of tetrazole rings is 1. The van der Waals surface area contributed by atoms with Gasteiger partial charge in [0.2, 0.25) is 0 Å². The third-order valence-electron chi connectivity index (χ3n) is 2.75. The van der Waals surface area contributed by atoms with Gasteiger partial charge in [-0.1, -0.05) is 46.3 Å². The van der Waals surface area contributed by atoms with Crippen molar-refractivity contribution in [3.05, 3.63) is 41.7 Å². The minimum Gasteiger partial charge on any atom is -0.219 e. The fraction of sp³-hybridized carbons (Fsp3) is 0.364. The Morgan fingerprint density at radius 2 is 2.00 bits per heavy atom. The molecular weight excluding hydrogens is 268 g/mol. The van der Waals surface area contributed by atoms with Gasteiger partial charge < -0.3 is 0 Å². The molecule has 1 aromatic heterocycles.